The van der Waals surface area contributed by atoms with E-state index in [1.165, 1.54) is 47.8 Å². The number of hydrogen-bond donors (Lipinski definition) is 1. The second-order valence-electron chi connectivity index (χ2n) is 8.00. The summed E-state index contributed by atoms with van der Waals surface area (Å²) in [5.74, 6) is -0.767. The Bertz CT molecular complexity index is 1310. The van der Waals surface area contributed by atoms with Gasteiger partial charge in [-0.2, -0.15) is 0 Å². The van der Waals surface area contributed by atoms with Gasteiger partial charge in [0.25, 0.3) is 11.8 Å². The molecule has 0 aliphatic rings. The van der Waals surface area contributed by atoms with Crippen LogP contribution in [0.25, 0.3) is 0 Å². The molecule has 0 spiro atoms. The Labute approximate surface area is 208 Å². The molecule has 4 rings (SSSR count). The van der Waals surface area contributed by atoms with Crippen molar-refractivity contribution in [1.82, 2.24) is 9.97 Å². The van der Waals surface area contributed by atoms with Gasteiger partial charge in [-0.15, -0.1) is 0 Å². The minimum Gasteiger partial charge on any atom is -0.494 e. The van der Waals surface area contributed by atoms with Crippen LogP contribution in [-0.2, 0) is 4.79 Å². The Morgan fingerprint density at radius 2 is 1.67 bits per heavy atom. The highest BCUT2D eigenvalue weighted by Gasteiger charge is 2.34. The van der Waals surface area contributed by atoms with Crippen LogP contribution >= 0.6 is 0 Å². The number of aromatic nitrogens is 2. The SMILES string of the molecule is CCOc1ccc(N(C(=O)c2cnccn2)[C@@H](C(=O)Nc2ccc(F)cc2)c2ccc(C)cc2)cc1. The molecule has 0 aliphatic carbocycles. The molecule has 0 aliphatic heterocycles. The van der Waals surface area contributed by atoms with E-state index in [0.717, 1.165) is 5.56 Å². The van der Waals surface area contributed by atoms with Crippen LogP contribution in [0.1, 0.15) is 34.6 Å². The summed E-state index contributed by atoms with van der Waals surface area (Å²) in [5, 5.41) is 2.81. The first-order valence-corrected chi connectivity index (χ1v) is 11.4. The Balaban J connectivity index is 1.82. The van der Waals surface area contributed by atoms with Crippen LogP contribution in [0.5, 0.6) is 5.75 Å². The van der Waals surface area contributed by atoms with Crippen molar-refractivity contribution in [2.75, 3.05) is 16.8 Å². The van der Waals surface area contributed by atoms with Gasteiger partial charge in [0.05, 0.1) is 12.8 Å². The second-order valence-corrected chi connectivity index (χ2v) is 8.00. The lowest BCUT2D eigenvalue weighted by atomic mass is 10.0. The van der Waals surface area contributed by atoms with E-state index in [9.17, 15) is 14.0 Å². The van der Waals surface area contributed by atoms with Crippen molar-refractivity contribution < 1.29 is 18.7 Å². The molecule has 0 unspecified atom stereocenters. The first-order chi connectivity index (χ1) is 17.5. The quantitative estimate of drug-likeness (QED) is 0.365. The van der Waals surface area contributed by atoms with Gasteiger partial charge in [-0.1, -0.05) is 29.8 Å². The lowest BCUT2D eigenvalue weighted by Crippen LogP contribution is -2.42. The van der Waals surface area contributed by atoms with E-state index < -0.39 is 23.7 Å². The van der Waals surface area contributed by atoms with Crippen molar-refractivity contribution in [2.45, 2.75) is 19.9 Å². The molecule has 0 fully saturated rings. The van der Waals surface area contributed by atoms with Crippen LogP contribution in [0.15, 0.2) is 91.4 Å². The number of rotatable bonds is 8. The number of ether oxygens (including phenoxy) is 1. The molecular weight excluding hydrogens is 459 g/mol. The molecule has 8 heteroatoms. The van der Waals surface area contributed by atoms with Crippen molar-refractivity contribution >= 4 is 23.2 Å². The molecule has 2 amide bonds. The standard InChI is InChI=1S/C28H25FN4O3/c1-3-36-24-14-12-23(13-15-24)33(28(35)25-18-30-16-17-31-25)26(20-6-4-19(2)5-7-20)27(34)32-22-10-8-21(29)9-11-22/h4-18,26H,3H2,1-2H3,(H,32,34)/t26-/m1/s1. The summed E-state index contributed by atoms with van der Waals surface area (Å²) in [6.45, 7) is 4.31. The summed E-state index contributed by atoms with van der Waals surface area (Å²) >= 11 is 0. The number of carbonyl (C=O) groups is 2. The number of nitrogens with zero attached hydrogens (tertiary/aromatic N) is 3. The summed E-state index contributed by atoms with van der Waals surface area (Å²) in [6, 6.07) is 18.6. The maximum absolute atomic E-state index is 13.8. The molecule has 4 aromatic rings. The van der Waals surface area contributed by atoms with Crippen molar-refractivity contribution in [3.63, 3.8) is 0 Å². The largest absolute Gasteiger partial charge is 0.494 e. The first-order valence-electron chi connectivity index (χ1n) is 11.4. The highest BCUT2D eigenvalue weighted by molar-refractivity contribution is 6.11. The van der Waals surface area contributed by atoms with Gasteiger partial charge < -0.3 is 10.1 Å². The molecule has 0 saturated heterocycles. The topological polar surface area (TPSA) is 84.4 Å². The average molecular weight is 485 g/mol. The molecule has 182 valence electrons. The molecular formula is C28H25FN4O3. The lowest BCUT2D eigenvalue weighted by Gasteiger charge is -2.31. The fourth-order valence-electron chi connectivity index (χ4n) is 3.70. The van der Waals surface area contributed by atoms with Crippen LogP contribution < -0.4 is 15.0 Å². The van der Waals surface area contributed by atoms with Crippen LogP contribution in [0.3, 0.4) is 0 Å². The third-order valence-electron chi connectivity index (χ3n) is 5.44. The zero-order valence-electron chi connectivity index (χ0n) is 19.9. The van der Waals surface area contributed by atoms with Crippen molar-refractivity contribution in [3.8, 4) is 5.75 Å². The molecule has 3 aromatic carbocycles. The van der Waals surface area contributed by atoms with E-state index in [0.29, 0.717) is 29.3 Å². The molecule has 1 N–H and O–H groups in total. The molecule has 1 heterocycles. The fourth-order valence-corrected chi connectivity index (χ4v) is 3.70. The molecule has 0 radical (unpaired) electrons. The van der Waals surface area contributed by atoms with Gasteiger partial charge in [-0.05, 0) is 67.9 Å². The summed E-state index contributed by atoms with van der Waals surface area (Å²) in [5.41, 5.74) is 2.54. The summed E-state index contributed by atoms with van der Waals surface area (Å²) in [4.78, 5) is 37.1. The van der Waals surface area contributed by atoms with E-state index in [1.54, 1.807) is 36.4 Å². The van der Waals surface area contributed by atoms with E-state index in [2.05, 4.69) is 15.3 Å². The number of aryl methyl sites for hydroxylation is 1. The second kappa shape index (κ2) is 11.2. The number of halogens is 1. The fraction of sp³-hybridized carbons (Fsp3) is 0.143. The minimum atomic E-state index is -1.07. The van der Waals surface area contributed by atoms with Gasteiger partial charge in [0, 0.05) is 23.8 Å². The highest BCUT2D eigenvalue weighted by Crippen LogP contribution is 2.32. The Morgan fingerprint density at radius 1 is 0.972 bits per heavy atom. The third kappa shape index (κ3) is 5.72. The van der Waals surface area contributed by atoms with Gasteiger partial charge in [0.15, 0.2) is 0 Å². The zero-order chi connectivity index (χ0) is 25.5. The smallest absolute Gasteiger partial charge is 0.279 e. The molecule has 0 bridgehead atoms. The summed E-state index contributed by atoms with van der Waals surface area (Å²) in [6.07, 6.45) is 4.24. The predicted octanol–water partition coefficient (Wildman–Crippen LogP) is 5.35. The molecule has 1 aromatic heterocycles. The monoisotopic (exact) mass is 484 g/mol. The van der Waals surface area contributed by atoms with Crippen LogP contribution in [0.2, 0.25) is 0 Å². The van der Waals surface area contributed by atoms with Gasteiger partial charge in [0.1, 0.15) is 23.3 Å². The van der Waals surface area contributed by atoms with E-state index in [1.807, 2.05) is 26.0 Å². The third-order valence-corrected chi connectivity index (χ3v) is 5.44. The van der Waals surface area contributed by atoms with Crippen LogP contribution in [0, 0.1) is 12.7 Å². The number of hydrogen-bond acceptors (Lipinski definition) is 5. The number of anilines is 2. The molecule has 1 atom stereocenters. The Kier molecular flexibility index (Phi) is 7.65. The van der Waals surface area contributed by atoms with E-state index in [-0.39, 0.29) is 5.69 Å². The number of carbonyl (C=O) groups excluding carboxylic acids is 2. The number of nitrogens with one attached hydrogen (secondary N) is 1. The van der Waals surface area contributed by atoms with E-state index >= 15 is 0 Å². The number of amides is 2. The zero-order valence-corrected chi connectivity index (χ0v) is 19.9. The highest BCUT2D eigenvalue weighted by atomic mass is 19.1. The van der Waals surface area contributed by atoms with Crippen molar-refractivity contribution in [1.29, 1.82) is 0 Å². The van der Waals surface area contributed by atoms with Crippen LogP contribution in [-0.4, -0.2) is 28.4 Å². The molecule has 7 nitrogen and oxygen atoms in total. The van der Waals surface area contributed by atoms with E-state index in [4.69, 9.17) is 4.74 Å². The maximum atomic E-state index is 13.8. The van der Waals surface area contributed by atoms with Gasteiger partial charge >= 0.3 is 0 Å². The van der Waals surface area contributed by atoms with Crippen molar-refractivity contribution in [2.24, 2.45) is 0 Å². The minimum absolute atomic E-state index is 0.0816. The predicted molar refractivity (Wildman–Crippen MR) is 135 cm³/mol. The van der Waals surface area contributed by atoms with Gasteiger partial charge in [0.2, 0.25) is 0 Å². The van der Waals surface area contributed by atoms with Gasteiger partial charge in [-0.25, -0.2) is 9.37 Å². The number of benzene rings is 3. The first kappa shape index (κ1) is 24.5. The lowest BCUT2D eigenvalue weighted by molar-refractivity contribution is -0.117. The molecule has 36 heavy (non-hydrogen) atoms. The van der Waals surface area contributed by atoms with Crippen LogP contribution in [0.4, 0.5) is 15.8 Å². The maximum Gasteiger partial charge on any atom is 0.279 e. The Morgan fingerprint density at radius 3 is 2.28 bits per heavy atom. The van der Waals surface area contributed by atoms with Crippen molar-refractivity contribution in [3.05, 3.63) is 114 Å². The molecule has 0 saturated carbocycles. The average Bonchev–Trinajstić information content (AvgIpc) is 2.90. The van der Waals surface area contributed by atoms with Gasteiger partial charge in [-0.3, -0.25) is 19.5 Å². The summed E-state index contributed by atoms with van der Waals surface area (Å²) < 4.78 is 19.0. The Hall–Kier alpha value is -4.59. The normalized spacial score (nSPS) is 11.4. The summed E-state index contributed by atoms with van der Waals surface area (Å²) in [7, 11) is 0.